The highest BCUT2D eigenvalue weighted by Gasteiger charge is 2.26. The van der Waals surface area contributed by atoms with Crippen molar-refractivity contribution in [2.45, 2.75) is 18.8 Å². The summed E-state index contributed by atoms with van der Waals surface area (Å²) in [4.78, 5) is 10.4. The van der Waals surface area contributed by atoms with Gasteiger partial charge >= 0.3 is 0 Å². The molecule has 0 heterocycles. The fraction of sp³-hybridized carbons (Fsp3) is 0.300. The Hall–Kier alpha value is -1.31. The number of carbonyl (C=O) groups excluding carboxylic acids is 1. The third kappa shape index (κ3) is 1.20. The first-order valence-corrected chi connectivity index (χ1v) is 4.09. The summed E-state index contributed by atoms with van der Waals surface area (Å²) in [5, 5.41) is 9.42. The Labute approximate surface area is 70.8 Å². The molecular formula is C10H10O2. The molecule has 1 saturated carbocycles. The van der Waals surface area contributed by atoms with Gasteiger partial charge in [0, 0.05) is 5.56 Å². The molecule has 0 bridgehead atoms. The lowest BCUT2D eigenvalue weighted by Gasteiger charge is -2.01. The predicted molar refractivity (Wildman–Crippen MR) is 45.5 cm³/mol. The molecule has 2 nitrogen and oxygen atoms in total. The van der Waals surface area contributed by atoms with Gasteiger partial charge in [0.2, 0.25) is 0 Å². The summed E-state index contributed by atoms with van der Waals surface area (Å²) in [5.74, 6) is 0.813. The second kappa shape index (κ2) is 2.63. The second-order valence-electron chi connectivity index (χ2n) is 3.21. The minimum Gasteiger partial charge on any atom is -0.508 e. The van der Waals surface area contributed by atoms with Crippen molar-refractivity contribution in [3.63, 3.8) is 0 Å². The Morgan fingerprint density at radius 2 is 2.17 bits per heavy atom. The molecule has 1 aromatic rings. The van der Waals surface area contributed by atoms with Crippen LogP contribution < -0.4 is 0 Å². The molecule has 0 spiro atoms. The summed E-state index contributed by atoms with van der Waals surface area (Å²) in [6, 6.07) is 5.01. The highest BCUT2D eigenvalue weighted by atomic mass is 16.3. The third-order valence-corrected chi connectivity index (χ3v) is 2.20. The number of phenolic OH excluding ortho intramolecular Hbond substituents is 1. The van der Waals surface area contributed by atoms with E-state index in [4.69, 9.17) is 0 Å². The van der Waals surface area contributed by atoms with Crippen LogP contribution in [0.25, 0.3) is 0 Å². The quantitative estimate of drug-likeness (QED) is 0.676. The van der Waals surface area contributed by atoms with Crippen molar-refractivity contribution in [2.24, 2.45) is 0 Å². The molecular weight excluding hydrogens is 152 g/mol. The molecule has 0 unspecified atom stereocenters. The number of carbonyl (C=O) groups is 1. The van der Waals surface area contributed by atoms with Gasteiger partial charge in [-0.3, -0.25) is 4.79 Å². The van der Waals surface area contributed by atoms with Gasteiger partial charge in [0.05, 0.1) is 0 Å². The van der Waals surface area contributed by atoms with E-state index in [1.807, 2.05) is 0 Å². The maximum Gasteiger partial charge on any atom is 0.150 e. The second-order valence-corrected chi connectivity index (χ2v) is 3.21. The number of hydrogen-bond donors (Lipinski definition) is 1. The minimum absolute atomic E-state index is 0.322. The van der Waals surface area contributed by atoms with Crippen molar-refractivity contribution in [2.75, 3.05) is 0 Å². The average Bonchev–Trinajstić information content (AvgIpc) is 2.88. The Morgan fingerprint density at radius 3 is 2.75 bits per heavy atom. The van der Waals surface area contributed by atoms with E-state index in [0.29, 0.717) is 17.2 Å². The molecule has 1 N–H and O–H groups in total. The maximum absolute atomic E-state index is 10.4. The number of aldehydes is 1. The van der Waals surface area contributed by atoms with E-state index >= 15 is 0 Å². The molecule has 1 fully saturated rings. The first-order chi connectivity index (χ1) is 5.81. The fourth-order valence-corrected chi connectivity index (χ4v) is 1.37. The summed E-state index contributed by atoms with van der Waals surface area (Å²) in [6.07, 6.45) is 3.08. The van der Waals surface area contributed by atoms with Crippen LogP contribution in [0, 0.1) is 0 Å². The molecule has 62 valence electrons. The largest absolute Gasteiger partial charge is 0.508 e. The third-order valence-electron chi connectivity index (χ3n) is 2.20. The van der Waals surface area contributed by atoms with Crippen LogP contribution in [0.3, 0.4) is 0 Å². The van der Waals surface area contributed by atoms with E-state index in [1.54, 1.807) is 18.2 Å². The summed E-state index contributed by atoms with van der Waals surface area (Å²) < 4.78 is 0. The van der Waals surface area contributed by atoms with Gasteiger partial charge in [0.1, 0.15) is 12.0 Å². The standard InChI is InChI=1S/C10H10O2/c11-6-7-1-4-10(12)9(5-7)8-2-3-8/h1,4-6,8,12H,2-3H2. The topological polar surface area (TPSA) is 37.3 Å². The van der Waals surface area contributed by atoms with E-state index in [0.717, 1.165) is 24.7 Å². The van der Waals surface area contributed by atoms with Crippen LogP contribution in [-0.2, 0) is 0 Å². The lowest BCUT2D eigenvalue weighted by Crippen LogP contribution is -1.85. The molecule has 0 radical (unpaired) electrons. The molecule has 1 aliphatic carbocycles. The smallest absolute Gasteiger partial charge is 0.150 e. The maximum atomic E-state index is 10.4. The minimum atomic E-state index is 0.322. The van der Waals surface area contributed by atoms with E-state index in [-0.39, 0.29) is 0 Å². The SMILES string of the molecule is O=Cc1ccc(O)c(C2CC2)c1. The van der Waals surface area contributed by atoms with Gasteiger partial charge in [-0.05, 0) is 42.5 Å². The lowest BCUT2D eigenvalue weighted by molar-refractivity contribution is 0.112. The zero-order valence-corrected chi connectivity index (χ0v) is 6.66. The molecule has 2 heteroatoms. The normalized spacial score (nSPS) is 16.0. The van der Waals surface area contributed by atoms with E-state index < -0.39 is 0 Å². The number of rotatable bonds is 2. The van der Waals surface area contributed by atoms with Crippen LogP contribution in [0.2, 0.25) is 0 Å². The highest BCUT2D eigenvalue weighted by molar-refractivity contribution is 5.75. The van der Waals surface area contributed by atoms with Crippen molar-refractivity contribution >= 4 is 6.29 Å². The first-order valence-electron chi connectivity index (χ1n) is 4.09. The van der Waals surface area contributed by atoms with Crippen LogP contribution in [0.5, 0.6) is 5.75 Å². The Morgan fingerprint density at radius 1 is 1.42 bits per heavy atom. The summed E-state index contributed by atoms with van der Waals surface area (Å²) >= 11 is 0. The van der Waals surface area contributed by atoms with E-state index in [1.165, 1.54) is 0 Å². The summed E-state index contributed by atoms with van der Waals surface area (Å²) in [5.41, 5.74) is 1.58. The summed E-state index contributed by atoms with van der Waals surface area (Å²) in [7, 11) is 0. The Bertz CT molecular complexity index is 314. The van der Waals surface area contributed by atoms with Gasteiger partial charge in [-0.2, -0.15) is 0 Å². The number of hydrogen-bond acceptors (Lipinski definition) is 2. The van der Waals surface area contributed by atoms with Crippen molar-refractivity contribution in [1.29, 1.82) is 0 Å². The number of aromatic hydroxyl groups is 1. The molecule has 0 aliphatic heterocycles. The van der Waals surface area contributed by atoms with Gasteiger partial charge in [-0.15, -0.1) is 0 Å². The zero-order chi connectivity index (χ0) is 8.55. The zero-order valence-electron chi connectivity index (χ0n) is 6.66. The highest BCUT2D eigenvalue weighted by Crippen LogP contribution is 2.43. The average molecular weight is 162 g/mol. The van der Waals surface area contributed by atoms with Crippen LogP contribution in [-0.4, -0.2) is 11.4 Å². The van der Waals surface area contributed by atoms with Crippen molar-refractivity contribution in [3.8, 4) is 5.75 Å². The fourth-order valence-electron chi connectivity index (χ4n) is 1.37. The Balaban J connectivity index is 2.42. The molecule has 0 amide bonds. The Kier molecular flexibility index (Phi) is 1.61. The molecule has 2 rings (SSSR count). The lowest BCUT2D eigenvalue weighted by atomic mass is 10.1. The van der Waals surface area contributed by atoms with Crippen LogP contribution in [0.1, 0.15) is 34.7 Å². The van der Waals surface area contributed by atoms with E-state index in [9.17, 15) is 9.90 Å². The van der Waals surface area contributed by atoms with Gasteiger partial charge in [-0.1, -0.05) is 0 Å². The molecule has 0 atom stereocenters. The van der Waals surface area contributed by atoms with Gasteiger partial charge in [-0.25, -0.2) is 0 Å². The molecule has 0 saturated heterocycles. The predicted octanol–water partition coefficient (Wildman–Crippen LogP) is 2.08. The monoisotopic (exact) mass is 162 g/mol. The molecule has 0 aromatic heterocycles. The molecule has 1 aromatic carbocycles. The number of phenols is 1. The number of benzene rings is 1. The van der Waals surface area contributed by atoms with Crippen LogP contribution >= 0.6 is 0 Å². The van der Waals surface area contributed by atoms with Gasteiger partial charge in [0.25, 0.3) is 0 Å². The van der Waals surface area contributed by atoms with Crippen molar-refractivity contribution in [1.82, 2.24) is 0 Å². The van der Waals surface area contributed by atoms with Crippen LogP contribution in [0.4, 0.5) is 0 Å². The van der Waals surface area contributed by atoms with Gasteiger partial charge < -0.3 is 5.11 Å². The van der Waals surface area contributed by atoms with Crippen molar-refractivity contribution in [3.05, 3.63) is 29.3 Å². The summed E-state index contributed by atoms with van der Waals surface area (Å²) in [6.45, 7) is 0. The van der Waals surface area contributed by atoms with E-state index in [2.05, 4.69) is 0 Å². The molecule has 1 aliphatic rings. The molecule has 12 heavy (non-hydrogen) atoms. The first kappa shape index (κ1) is 7.35. The van der Waals surface area contributed by atoms with Gasteiger partial charge in [0.15, 0.2) is 0 Å². The van der Waals surface area contributed by atoms with Crippen LogP contribution in [0.15, 0.2) is 18.2 Å². The van der Waals surface area contributed by atoms with Crippen molar-refractivity contribution < 1.29 is 9.90 Å².